The molecule has 0 spiro atoms. The third-order valence-corrected chi connectivity index (χ3v) is 3.33. The molecule has 0 aliphatic heterocycles. The molecule has 1 rings (SSSR count). The van der Waals surface area contributed by atoms with E-state index in [4.69, 9.17) is 5.73 Å². The van der Waals surface area contributed by atoms with E-state index in [2.05, 4.69) is 15.9 Å². The fourth-order valence-corrected chi connectivity index (χ4v) is 1.92. The Kier molecular flexibility index (Phi) is 4.22. The zero-order valence-corrected chi connectivity index (χ0v) is 11.2. The third kappa shape index (κ3) is 3.26. The first-order valence-electron chi connectivity index (χ1n) is 5.00. The second-order valence-corrected chi connectivity index (χ2v) is 5.00. The summed E-state index contributed by atoms with van der Waals surface area (Å²) in [6.07, 6.45) is 0.431. The van der Waals surface area contributed by atoms with E-state index in [0.717, 1.165) is 11.1 Å². The molecular formula is C11H13BrN2O3. The van der Waals surface area contributed by atoms with Crippen LogP contribution in [0.5, 0.6) is 0 Å². The normalized spacial score (nSPS) is 12.2. The minimum absolute atomic E-state index is 0.0939. The molecule has 5 nitrogen and oxygen atoms in total. The predicted molar refractivity (Wildman–Crippen MR) is 68.2 cm³/mol. The molecule has 0 aromatic heterocycles. The summed E-state index contributed by atoms with van der Waals surface area (Å²) < 4.78 is 0. The van der Waals surface area contributed by atoms with Gasteiger partial charge in [-0.1, -0.05) is 15.9 Å². The van der Waals surface area contributed by atoms with Gasteiger partial charge in [0.2, 0.25) is 5.91 Å². The standard InChI is InChI=1S/C11H13BrN2O3/c1-6-4-10(14(16)17)7(2)3-8(6)5-9(12)11(13)15/h3-4,9H,5H2,1-2H3,(H2,13,15). The lowest BCUT2D eigenvalue weighted by Gasteiger charge is -2.10. The summed E-state index contributed by atoms with van der Waals surface area (Å²) in [4.78, 5) is 20.8. The lowest BCUT2D eigenvalue weighted by atomic mass is 10.00. The van der Waals surface area contributed by atoms with E-state index in [1.165, 1.54) is 6.07 Å². The first-order valence-corrected chi connectivity index (χ1v) is 5.92. The second kappa shape index (κ2) is 5.27. The van der Waals surface area contributed by atoms with Gasteiger partial charge in [-0.3, -0.25) is 14.9 Å². The molecule has 1 aromatic rings. The van der Waals surface area contributed by atoms with Crippen LogP contribution in [-0.2, 0) is 11.2 Å². The van der Waals surface area contributed by atoms with Crippen LogP contribution in [0.25, 0.3) is 0 Å². The summed E-state index contributed by atoms with van der Waals surface area (Å²) in [5.74, 6) is -0.444. The molecule has 1 amide bonds. The fraction of sp³-hybridized carbons (Fsp3) is 0.364. The number of nitro groups is 1. The van der Waals surface area contributed by atoms with Crippen molar-refractivity contribution >= 4 is 27.5 Å². The van der Waals surface area contributed by atoms with E-state index >= 15 is 0 Å². The zero-order chi connectivity index (χ0) is 13.2. The number of rotatable bonds is 4. The smallest absolute Gasteiger partial charge is 0.272 e. The maximum absolute atomic E-state index is 10.9. The first-order chi connectivity index (χ1) is 7.82. The van der Waals surface area contributed by atoms with Crippen molar-refractivity contribution in [2.24, 2.45) is 5.73 Å². The number of hydrogen-bond acceptors (Lipinski definition) is 3. The van der Waals surface area contributed by atoms with Crippen molar-refractivity contribution in [1.82, 2.24) is 0 Å². The monoisotopic (exact) mass is 300 g/mol. The molecule has 1 atom stereocenters. The molecule has 2 N–H and O–H groups in total. The summed E-state index contributed by atoms with van der Waals surface area (Å²) in [7, 11) is 0. The van der Waals surface area contributed by atoms with E-state index < -0.39 is 15.7 Å². The number of nitrogens with zero attached hydrogens (tertiary/aromatic N) is 1. The van der Waals surface area contributed by atoms with Gasteiger partial charge in [0, 0.05) is 11.6 Å². The molecule has 0 saturated carbocycles. The van der Waals surface area contributed by atoms with Crippen molar-refractivity contribution in [2.75, 3.05) is 0 Å². The second-order valence-electron chi connectivity index (χ2n) is 3.90. The van der Waals surface area contributed by atoms with Gasteiger partial charge in [-0.05, 0) is 37.5 Å². The predicted octanol–water partition coefficient (Wildman–Crippen LogP) is 2.00. The largest absolute Gasteiger partial charge is 0.369 e. The topological polar surface area (TPSA) is 86.2 Å². The van der Waals surface area contributed by atoms with Gasteiger partial charge in [0.05, 0.1) is 9.75 Å². The molecule has 92 valence electrons. The Balaban J connectivity index is 3.08. The summed E-state index contributed by atoms with van der Waals surface area (Å²) in [5, 5.41) is 10.7. The van der Waals surface area contributed by atoms with Crippen LogP contribution in [0.3, 0.4) is 0 Å². The highest BCUT2D eigenvalue weighted by Gasteiger charge is 2.17. The highest BCUT2D eigenvalue weighted by Crippen LogP contribution is 2.24. The number of halogens is 1. The Hall–Kier alpha value is -1.43. The van der Waals surface area contributed by atoms with Crippen LogP contribution in [0.15, 0.2) is 12.1 Å². The van der Waals surface area contributed by atoms with Gasteiger partial charge < -0.3 is 5.73 Å². The SMILES string of the molecule is Cc1cc([N+](=O)[O-])c(C)cc1CC(Br)C(N)=O. The van der Waals surface area contributed by atoms with Crippen LogP contribution in [0.1, 0.15) is 16.7 Å². The van der Waals surface area contributed by atoms with Crippen LogP contribution >= 0.6 is 15.9 Å². The molecular weight excluding hydrogens is 288 g/mol. The average Bonchev–Trinajstić information content (AvgIpc) is 2.22. The fourth-order valence-electron chi connectivity index (χ4n) is 1.57. The number of amides is 1. The Bertz CT molecular complexity index is 474. The number of alkyl halides is 1. The Morgan fingerprint density at radius 1 is 1.47 bits per heavy atom. The molecule has 17 heavy (non-hydrogen) atoms. The van der Waals surface area contributed by atoms with Crippen molar-refractivity contribution in [2.45, 2.75) is 25.1 Å². The van der Waals surface area contributed by atoms with Crippen LogP contribution in [0, 0.1) is 24.0 Å². The van der Waals surface area contributed by atoms with Gasteiger partial charge in [0.25, 0.3) is 5.69 Å². The minimum atomic E-state index is -0.456. The number of carbonyl (C=O) groups excluding carboxylic acids is 1. The number of carbonyl (C=O) groups is 1. The average molecular weight is 301 g/mol. The highest BCUT2D eigenvalue weighted by molar-refractivity contribution is 9.10. The van der Waals surface area contributed by atoms with E-state index in [-0.39, 0.29) is 5.69 Å². The molecule has 1 aromatic carbocycles. The van der Waals surface area contributed by atoms with Gasteiger partial charge in [0.15, 0.2) is 0 Å². The summed E-state index contributed by atoms with van der Waals surface area (Å²) in [6.45, 7) is 3.46. The quantitative estimate of drug-likeness (QED) is 0.524. The van der Waals surface area contributed by atoms with Crippen LogP contribution in [0.4, 0.5) is 5.69 Å². The lowest BCUT2D eigenvalue weighted by molar-refractivity contribution is -0.385. The molecule has 0 aliphatic rings. The number of nitrogens with two attached hydrogens (primary N) is 1. The van der Waals surface area contributed by atoms with Crippen molar-refractivity contribution in [3.63, 3.8) is 0 Å². The first kappa shape index (κ1) is 13.6. The van der Waals surface area contributed by atoms with Gasteiger partial charge in [0.1, 0.15) is 0 Å². The molecule has 1 unspecified atom stereocenters. The summed E-state index contributed by atoms with van der Waals surface area (Å²) >= 11 is 3.18. The molecule has 0 radical (unpaired) electrons. The molecule has 6 heteroatoms. The van der Waals surface area contributed by atoms with Gasteiger partial charge in [-0.15, -0.1) is 0 Å². The third-order valence-electron chi connectivity index (χ3n) is 2.56. The summed E-state index contributed by atoms with van der Waals surface area (Å²) in [6, 6.07) is 3.25. The molecule has 0 heterocycles. The number of benzene rings is 1. The van der Waals surface area contributed by atoms with E-state index in [0.29, 0.717) is 12.0 Å². The Morgan fingerprint density at radius 3 is 2.53 bits per heavy atom. The number of nitro benzene ring substituents is 1. The van der Waals surface area contributed by atoms with Gasteiger partial charge in [-0.25, -0.2) is 0 Å². The van der Waals surface area contributed by atoms with Crippen LogP contribution < -0.4 is 5.73 Å². The van der Waals surface area contributed by atoms with Gasteiger partial charge >= 0.3 is 0 Å². The van der Waals surface area contributed by atoms with Crippen molar-refractivity contribution < 1.29 is 9.72 Å². The van der Waals surface area contributed by atoms with E-state index in [9.17, 15) is 14.9 Å². The molecule has 0 bridgehead atoms. The maximum atomic E-state index is 10.9. The molecule has 0 saturated heterocycles. The molecule has 0 aliphatic carbocycles. The maximum Gasteiger partial charge on any atom is 0.272 e. The number of aryl methyl sites for hydroxylation is 2. The molecule has 0 fully saturated rings. The van der Waals surface area contributed by atoms with Crippen molar-refractivity contribution in [3.05, 3.63) is 38.9 Å². The summed E-state index contributed by atoms with van der Waals surface area (Å²) in [5.41, 5.74) is 7.50. The Morgan fingerprint density at radius 2 is 2.06 bits per heavy atom. The highest BCUT2D eigenvalue weighted by atomic mass is 79.9. The van der Waals surface area contributed by atoms with Crippen LogP contribution in [-0.4, -0.2) is 15.7 Å². The lowest BCUT2D eigenvalue weighted by Crippen LogP contribution is -2.25. The zero-order valence-electron chi connectivity index (χ0n) is 9.57. The van der Waals surface area contributed by atoms with Crippen LogP contribution in [0.2, 0.25) is 0 Å². The van der Waals surface area contributed by atoms with Crippen molar-refractivity contribution in [1.29, 1.82) is 0 Å². The minimum Gasteiger partial charge on any atom is -0.369 e. The van der Waals surface area contributed by atoms with Gasteiger partial charge in [-0.2, -0.15) is 0 Å². The van der Waals surface area contributed by atoms with Crippen molar-refractivity contribution in [3.8, 4) is 0 Å². The number of hydrogen-bond donors (Lipinski definition) is 1. The Labute approximate surface area is 107 Å². The van der Waals surface area contributed by atoms with E-state index in [1.54, 1.807) is 19.9 Å². The van der Waals surface area contributed by atoms with E-state index in [1.807, 2.05) is 0 Å². The number of primary amides is 1.